The van der Waals surface area contributed by atoms with E-state index in [4.69, 9.17) is 0 Å². The molecule has 0 bridgehead atoms. The molecule has 158 valence electrons. The molecule has 31 heavy (non-hydrogen) atoms. The van der Waals surface area contributed by atoms with Crippen molar-refractivity contribution in [1.82, 2.24) is 14.9 Å². The van der Waals surface area contributed by atoms with Gasteiger partial charge in [0, 0.05) is 17.8 Å². The molecule has 1 N–H and O–H groups in total. The highest BCUT2D eigenvalue weighted by Gasteiger charge is 2.18. The maximum atomic E-state index is 13.1. The number of aromatic amines is 1. The fraction of sp³-hybridized carbons (Fsp3) is 0.240. The topological polar surface area (TPSA) is 66.1 Å². The van der Waals surface area contributed by atoms with Crippen LogP contribution in [0.4, 0.5) is 0 Å². The standard InChI is InChI=1S/C25H25N3O2S/c1-17-18(2)31-25-23(17)24(30)26-21(27-25)16-28(15-20-11-7-4-8-12-20)22(29)14-13-19-9-5-3-6-10-19/h3-12H,13-16H2,1-2H3,(H,26,27,30). The highest BCUT2D eigenvalue weighted by Crippen LogP contribution is 2.26. The van der Waals surface area contributed by atoms with Gasteiger partial charge in [-0.3, -0.25) is 9.59 Å². The number of hydrogen-bond donors (Lipinski definition) is 1. The van der Waals surface area contributed by atoms with E-state index in [0.717, 1.165) is 26.4 Å². The Morgan fingerprint density at radius 1 is 0.968 bits per heavy atom. The second-order valence-electron chi connectivity index (χ2n) is 7.70. The van der Waals surface area contributed by atoms with Crippen LogP contribution in [0.3, 0.4) is 0 Å². The van der Waals surface area contributed by atoms with Crippen LogP contribution in [-0.4, -0.2) is 20.8 Å². The zero-order chi connectivity index (χ0) is 21.8. The highest BCUT2D eigenvalue weighted by atomic mass is 32.1. The van der Waals surface area contributed by atoms with Crippen LogP contribution in [0, 0.1) is 13.8 Å². The summed E-state index contributed by atoms with van der Waals surface area (Å²) < 4.78 is 0. The molecule has 0 aliphatic rings. The summed E-state index contributed by atoms with van der Waals surface area (Å²) in [6, 6.07) is 19.9. The fourth-order valence-electron chi connectivity index (χ4n) is 3.65. The quantitative estimate of drug-likeness (QED) is 0.459. The van der Waals surface area contributed by atoms with Crippen molar-refractivity contribution in [2.75, 3.05) is 0 Å². The number of aromatic nitrogens is 2. The summed E-state index contributed by atoms with van der Waals surface area (Å²) in [4.78, 5) is 37.0. The van der Waals surface area contributed by atoms with E-state index in [9.17, 15) is 9.59 Å². The number of thiophene rings is 1. The monoisotopic (exact) mass is 431 g/mol. The molecule has 0 fully saturated rings. The van der Waals surface area contributed by atoms with E-state index >= 15 is 0 Å². The summed E-state index contributed by atoms with van der Waals surface area (Å²) in [6.45, 7) is 4.68. The lowest BCUT2D eigenvalue weighted by Gasteiger charge is -2.22. The third-order valence-corrected chi connectivity index (χ3v) is 6.57. The van der Waals surface area contributed by atoms with Gasteiger partial charge in [0.15, 0.2) is 0 Å². The van der Waals surface area contributed by atoms with Gasteiger partial charge in [-0.05, 0) is 37.0 Å². The molecule has 1 amide bonds. The number of benzene rings is 2. The van der Waals surface area contributed by atoms with Crippen molar-refractivity contribution in [3.8, 4) is 0 Å². The average Bonchev–Trinajstić information content (AvgIpc) is 3.06. The predicted octanol–water partition coefficient (Wildman–Crippen LogP) is 4.76. The maximum absolute atomic E-state index is 13.1. The first kappa shape index (κ1) is 21.0. The van der Waals surface area contributed by atoms with Gasteiger partial charge in [0.2, 0.25) is 5.91 Å². The predicted molar refractivity (Wildman–Crippen MR) is 125 cm³/mol. The van der Waals surface area contributed by atoms with E-state index in [1.807, 2.05) is 74.5 Å². The molecule has 0 aliphatic heterocycles. The summed E-state index contributed by atoms with van der Waals surface area (Å²) in [7, 11) is 0. The molecular weight excluding hydrogens is 406 g/mol. The molecule has 2 aromatic heterocycles. The van der Waals surface area contributed by atoms with Gasteiger partial charge >= 0.3 is 0 Å². The van der Waals surface area contributed by atoms with E-state index in [1.54, 1.807) is 4.90 Å². The second kappa shape index (κ2) is 9.27. The van der Waals surface area contributed by atoms with Gasteiger partial charge in [0.05, 0.1) is 11.9 Å². The van der Waals surface area contributed by atoms with Crippen LogP contribution in [0.5, 0.6) is 0 Å². The number of fused-ring (bicyclic) bond motifs is 1. The van der Waals surface area contributed by atoms with Crippen LogP contribution in [-0.2, 0) is 24.3 Å². The largest absolute Gasteiger partial charge is 0.331 e. The number of H-pyrrole nitrogens is 1. The number of carbonyl (C=O) groups excluding carboxylic acids is 1. The van der Waals surface area contributed by atoms with Gasteiger partial charge in [-0.1, -0.05) is 60.7 Å². The highest BCUT2D eigenvalue weighted by molar-refractivity contribution is 7.18. The molecule has 5 nitrogen and oxygen atoms in total. The van der Waals surface area contributed by atoms with Gasteiger partial charge in [-0.25, -0.2) is 4.98 Å². The summed E-state index contributed by atoms with van der Waals surface area (Å²) in [5, 5.41) is 0.649. The van der Waals surface area contributed by atoms with Crippen molar-refractivity contribution < 1.29 is 4.79 Å². The summed E-state index contributed by atoms with van der Waals surface area (Å²) in [5.74, 6) is 0.553. The third kappa shape index (κ3) is 4.91. The molecule has 4 aromatic rings. The van der Waals surface area contributed by atoms with Crippen molar-refractivity contribution in [3.63, 3.8) is 0 Å². The normalized spacial score (nSPS) is 11.0. The Kier molecular flexibility index (Phi) is 6.28. The summed E-state index contributed by atoms with van der Waals surface area (Å²) in [5.41, 5.74) is 3.01. The third-order valence-electron chi connectivity index (χ3n) is 5.47. The SMILES string of the molecule is Cc1sc2nc(CN(Cc3ccccc3)C(=O)CCc3ccccc3)[nH]c(=O)c2c1C. The molecular formula is C25H25N3O2S. The van der Waals surface area contributed by atoms with Crippen molar-refractivity contribution in [3.05, 3.63) is 98.4 Å². The Morgan fingerprint density at radius 3 is 2.29 bits per heavy atom. The second-order valence-corrected chi connectivity index (χ2v) is 8.90. The van der Waals surface area contributed by atoms with Crippen molar-refractivity contribution in [1.29, 1.82) is 0 Å². The van der Waals surface area contributed by atoms with Crippen LogP contribution < -0.4 is 5.56 Å². The molecule has 4 rings (SSSR count). The zero-order valence-electron chi connectivity index (χ0n) is 17.7. The van der Waals surface area contributed by atoms with E-state index in [2.05, 4.69) is 9.97 Å². The number of nitrogens with zero attached hydrogens (tertiary/aromatic N) is 2. The first-order valence-corrected chi connectivity index (χ1v) is 11.2. The Hall–Kier alpha value is -3.25. The summed E-state index contributed by atoms with van der Waals surface area (Å²) >= 11 is 1.52. The lowest BCUT2D eigenvalue weighted by Crippen LogP contribution is -2.31. The number of amides is 1. The first-order valence-electron chi connectivity index (χ1n) is 10.4. The Balaban J connectivity index is 1.58. The van der Waals surface area contributed by atoms with Crippen LogP contribution in [0.1, 0.15) is 33.8 Å². The minimum atomic E-state index is -0.141. The molecule has 0 spiro atoms. The fourth-order valence-corrected chi connectivity index (χ4v) is 4.69. The molecule has 0 atom stereocenters. The smallest absolute Gasteiger partial charge is 0.259 e. The first-order chi connectivity index (χ1) is 15.0. The van der Waals surface area contributed by atoms with E-state index in [0.29, 0.717) is 30.6 Å². The Bertz CT molecular complexity index is 1250. The lowest BCUT2D eigenvalue weighted by molar-refractivity contribution is -0.132. The lowest BCUT2D eigenvalue weighted by atomic mass is 10.1. The molecule has 2 aromatic carbocycles. The Morgan fingerprint density at radius 2 is 1.61 bits per heavy atom. The average molecular weight is 432 g/mol. The van der Waals surface area contributed by atoms with Gasteiger partial charge in [0.25, 0.3) is 5.56 Å². The van der Waals surface area contributed by atoms with Crippen LogP contribution in [0.15, 0.2) is 65.5 Å². The molecule has 0 aliphatic carbocycles. The summed E-state index contributed by atoms with van der Waals surface area (Å²) in [6.07, 6.45) is 1.08. The number of hydrogen-bond acceptors (Lipinski definition) is 4. The number of nitrogens with one attached hydrogen (secondary N) is 1. The molecule has 0 radical (unpaired) electrons. The van der Waals surface area contributed by atoms with Crippen LogP contribution in [0.2, 0.25) is 0 Å². The number of carbonyl (C=O) groups is 1. The van der Waals surface area contributed by atoms with Gasteiger partial charge in [-0.2, -0.15) is 0 Å². The minimum absolute atomic E-state index is 0.0361. The van der Waals surface area contributed by atoms with Crippen molar-refractivity contribution in [2.45, 2.75) is 39.8 Å². The Labute approximate surface area is 185 Å². The van der Waals surface area contributed by atoms with Crippen LogP contribution in [0.25, 0.3) is 10.2 Å². The van der Waals surface area contributed by atoms with Gasteiger partial charge in [0.1, 0.15) is 10.7 Å². The van der Waals surface area contributed by atoms with Crippen LogP contribution >= 0.6 is 11.3 Å². The van der Waals surface area contributed by atoms with E-state index in [-0.39, 0.29) is 18.0 Å². The number of aryl methyl sites for hydroxylation is 3. The number of rotatable bonds is 7. The van der Waals surface area contributed by atoms with Crippen molar-refractivity contribution >= 4 is 27.5 Å². The molecule has 2 heterocycles. The van der Waals surface area contributed by atoms with E-state index in [1.165, 1.54) is 11.3 Å². The maximum Gasteiger partial charge on any atom is 0.259 e. The van der Waals surface area contributed by atoms with Gasteiger partial charge in [-0.15, -0.1) is 11.3 Å². The molecule has 0 unspecified atom stereocenters. The van der Waals surface area contributed by atoms with Crippen molar-refractivity contribution in [2.24, 2.45) is 0 Å². The minimum Gasteiger partial charge on any atom is -0.331 e. The molecule has 0 saturated carbocycles. The zero-order valence-corrected chi connectivity index (χ0v) is 18.5. The molecule has 6 heteroatoms. The van der Waals surface area contributed by atoms with E-state index < -0.39 is 0 Å². The van der Waals surface area contributed by atoms with Gasteiger partial charge < -0.3 is 9.88 Å². The molecule has 0 saturated heterocycles.